The van der Waals surface area contributed by atoms with E-state index in [4.69, 9.17) is 14.2 Å². The Hall–Kier alpha value is -2.55. The van der Waals surface area contributed by atoms with Gasteiger partial charge in [-0.1, -0.05) is 6.42 Å². The van der Waals surface area contributed by atoms with Gasteiger partial charge in [-0.3, -0.25) is 0 Å². The quantitative estimate of drug-likeness (QED) is 0.530. The van der Waals surface area contributed by atoms with E-state index in [1.54, 1.807) is 4.68 Å². The highest BCUT2D eigenvalue weighted by atomic mass is 79.9. The Labute approximate surface area is 196 Å². The van der Waals surface area contributed by atoms with Gasteiger partial charge in [0.1, 0.15) is 18.5 Å². The summed E-state index contributed by atoms with van der Waals surface area (Å²) < 4.78 is 20.1. The van der Waals surface area contributed by atoms with E-state index < -0.39 is 6.04 Å². The van der Waals surface area contributed by atoms with Gasteiger partial charge in [-0.2, -0.15) is 10.1 Å². The van der Waals surface area contributed by atoms with Crippen LogP contribution in [-0.4, -0.2) is 40.1 Å². The summed E-state index contributed by atoms with van der Waals surface area (Å²) in [5.41, 5.74) is 2.05. The molecule has 0 saturated heterocycles. The molecule has 1 unspecified atom stereocenters. The number of allylic oxidation sites excluding steroid dienone is 1. The van der Waals surface area contributed by atoms with Crippen molar-refractivity contribution < 1.29 is 19.0 Å². The zero-order chi connectivity index (χ0) is 22.7. The van der Waals surface area contributed by atoms with Crippen molar-refractivity contribution in [2.24, 2.45) is 0 Å². The summed E-state index contributed by atoms with van der Waals surface area (Å²) in [6.45, 7) is 6.72. The van der Waals surface area contributed by atoms with E-state index >= 15 is 0 Å². The number of carbonyl (C=O) groups excluding carboxylic acids is 1. The second-order valence-corrected chi connectivity index (χ2v) is 8.81. The molecule has 2 aromatic rings. The highest BCUT2D eigenvalue weighted by molar-refractivity contribution is 9.10. The number of carbonyl (C=O) groups is 1. The van der Waals surface area contributed by atoms with Crippen molar-refractivity contribution in [3.8, 4) is 11.5 Å². The molecule has 0 radical (unpaired) electrons. The van der Waals surface area contributed by atoms with Gasteiger partial charge in [0.2, 0.25) is 5.95 Å². The lowest BCUT2D eigenvalue weighted by molar-refractivity contribution is -0.146. The van der Waals surface area contributed by atoms with Crippen LogP contribution in [0.4, 0.5) is 5.95 Å². The van der Waals surface area contributed by atoms with Crippen LogP contribution in [0.1, 0.15) is 64.5 Å². The van der Waals surface area contributed by atoms with E-state index in [1.165, 1.54) is 12.7 Å². The molecule has 4 rings (SSSR count). The molecule has 0 spiro atoms. The smallest absolute Gasteiger partial charge is 0.338 e. The summed E-state index contributed by atoms with van der Waals surface area (Å²) in [5.74, 6) is 1.50. The second kappa shape index (κ2) is 9.94. The Balaban J connectivity index is 1.76. The molecule has 1 aliphatic carbocycles. The number of esters is 1. The van der Waals surface area contributed by atoms with Gasteiger partial charge in [-0.25, -0.2) is 9.48 Å². The molecule has 1 N–H and O–H groups in total. The van der Waals surface area contributed by atoms with Crippen LogP contribution < -0.4 is 14.8 Å². The molecule has 9 heteroatoms. The number of hydrogen-bond donors (Lipinski definition) is 1. The summed E-state index contributed by atoms with van der Waals surface area (Å²) in [6.07, 6.45) is 6.64. The predicted molar refractivity (Wildman–Crippen MR) is 124 cm³/mol. The number of hydrogen-bond acceptors (Lipinski definition) is 7. The minimum absolute atomic E-state index is 0.0413. The van der Waals surface area contributed by atoms with E-state index in [0.717, 1.165) is 35.7 Å². The van der Waals surface area contributed by atoms with E-state index in [9.17, 15) is 4.79 Å². The van der Waals surface area contributed by atoms with Crippen LogP contribution in [0, 0.1) is 0 Å². The average molecular weight is 505 g/mol. The SMILES string of the molecule is CCOc1cc(C2C(C(=O)OC3CCCCC3)=C(C)Nc3ncnn32)cc(Br)c1OCC. The Bertz CT molecular complexity index is 1010. The van der Waals surface area contributed by atoms with Crippen molar-refractivity contribution in [3.63, 3.8) is 0 Å². The van der Waals surface area contributed by atoms with Crippen molar-refractivity contribution in [1.29, 1.82) is 0 Å². The fraction of sp³-hybridized carbons (Fsp3) is 0.522. The molecule has 2 heterocycles. The van der Waals surface area contributed by atoms with Gasteiger partial charge in [0, 0.05) is 5.70 Å². The van der Waals surface area contributed by atoms with Crippen LogP contribution in [-0.2, 0) is 9.53 Å². The third kappa shape index (κ3) is 4.48. The molecule has 0 bridgehead atoms. The molecule has 1 aromatic carbocycles. The largest absolute Gasteiger partial charge is 0.490 e. The van der Waals surface area contributed by atoms with Crippen LogP contribution in [0.25, 0.3) is 0 Å². The van der Waals surface area contributed by atoms with Crippen molar-refractivity contribution in [2.45, 2.75) is 65.0 Å². The predicted octanol–water partition coefficient (Wildman–Crippen LogP) is 5.00. The van der Waals surface area contributed by atoms with Gasteiger partial charge in [0.15, 0.2) is 11.5 Å². The van der Waals surface area contributed by atoms with Gasteiger partial charge in [0.05, 0.1) is 23.3 Å². The first-order valence-corrected chi connectivity index (χ1v) is 12.0. The minimum Gasteiger partial charge on any atom is -0.490 e. The zero-order valence-corrected chi connectivity index (χ0v) is 20.3. The third-order valence-corrected chi connectivity index (χ3v) is 6.37. The zero-order valence-electron chi connectivity index (χ0n) is 18.7. The Morgan fingerprint density at radius 3 is 2.66 bits per heavy atom. The average Bonchev–Trinajstić information content (AvgIpc) is 3.23. The fourth-order valence-corrected chi connectivity index (χ4v) is 4.93. The number of fused-ring (bicyclic) bond motifs is 1. The molecule has 1 aliphatic heterocycles. The van der Waals surface area contributed by atoms with Crippen molar-refractivity contribution >= 4 is 27.8 Å². The number of ether oxygens (including phenoxy) is 3. The van der Waals surface area contributed by atoms with E-state index in [0.29, 0.717) is 41.9 Å². The summed E-state index contributed by atoms with van der Waals surface area (Å²) >= 11 is 3.62. The van der Waals surface area contributed by atoms with Crippen LogP contribution in [0.15, 0.2) is 34.2 Å². The Morgan fingerprint density at radius 2 is 1.94 bits per heavy atom. The number of aromatic nitrogens is 3. The maximum Gasteiger partial charge on any atom is 0.338 e. The lowest BCUT2D eigenvalue weighted by atomic mass is 9.94. The Morgan fingerprint density at radius 1 is 1.19 bits per heavy atom. The van der Waals surface area contributed by atoms with Crippen molar-refractivity contribution in [3.05, 3.63) is 39.8 Å². The summed E-state index contributed by atoms with van der Waals surface area (Å²) in [5, 5.41) is 7.60. The topological polar surface area (TPSA) is 87.5 Å². The van der Waals surface area contributed by atoms with Crippen LogP contribution >= 0.6 is 15.9 Å². The van der Waals surface area contributed by atoms with Gasteiger partial charge >= 0.3 is 5.97 Å². The van der Waals surface area contributed by atoms with E-state index in [2.05, 4.69) is 31.3 Å². The number of nitrogens with zero attached hydrogens (tertiary/aromatic N) is 3. The first-order valence-electron chi connectivity index (χ1n) is 11.2. The summed E-state index contributed by atoms with van der Waals surface area (Å²) in [6, 6.07) is 3.34. The maximum atomic E-state index is 13.4. The number of rotatable bonds is 7. The molecule has 8 nitrogen and oxygen atoms in total. The van der Waals surface area contributed by atoms with Crippen molar-refractivity contribution in [1.82, 2.24) is 14.8 Å². The van der Waals surface area contributed by atoms with Crippen LogP contribution in [0.5, 0.6) is 11.5 Å². The molecular weight excluding hydrogens is 476 g/mol. The monoisotopic (exact) mass is 504 g/mol. The Kier molecular flexibility index (Phi) is 7.03. The molecular formula is C23H29BrN4O4. The number of anilines is 1. The third-order valence-electron chi connectivity index (χ3n) is 5.78. The molecule has 1 aromatic heterocycles. The van der Waals surface area contributed by atoms with Crippen LogP contribution in [0.2, 0.25) is 0 Å². The van der Waals surface area contributed by atoms with Gasteiger partial charge in [0.25, 0.3) is 0 Å². The van der Waals surface area contributed by atoms with E-state index in [-0.39, 0.29) is 12.1 Å². The van der Waals surface area contributed by atoms with E-state index in [1.807, 2.05) is 32.9 Å². The number of benzene rings is 1. The lowest BCUT2D eigenvalue weighted by Crippen LogP contribution is -2.32. The second-order valence-electron chi connectivity index (χ2n) is 7.96. The number of halogens is 1. The number of nitrogens with one attached hydrogen (secondary N) is 1. The molecule has 1 saturated carbocycles. The summed E-state index contributed by atoms with van der Waals surface area (Å²) in [7, 11) is 0. The molecule has 1 atom stereocenters. The molecule has 1 fully saturated rings. The highest BCUT2D eigenvalue weighted by Gasteiger charge is 2.36. The van der Waals surface area contributed by atoms with Crippen LogP contribution in [0.3, 0.4) is 0 Å². The molecule has 2 aliphatic rings. The van der Waals surface area contributed by atoms with Gasteiger partial charge in [-0.15, -0.1) is 0 Å². The first kappa shape index (κ1) is 22.6. The van der Waals surface area contributed by atoms with Gasteiger partial charge < -0.3 is 19.5 Å². The summed E-state index contributed by atoms with van der Waals surface area (Å²) in [4.78, 5) is 17.7. The van der Waals surface area contributed by atoms with Crippen molar-refractivity contribution in [2.75, 3.05) is 18.5 Å². The fourth-order valence-electron chi connectivity index (χ4n) is 4.35. The maximum absolute atomic E-state index is 13.4. The minimum atomic E-state index is -0.504. The molecule has 172 valence electrons. The van der Waals surface area contributed by atoms with Gasteiger partial charge in [-0.05, 0) is 80.1 Å². The molecule has 0 amide bonds. The normalized spacial score (nSPS) is 18.7. The molecule has 32 heavy (non-hydrogen) atoms. The lowest BCUT2D eigenvalue weighted by Gasteiger charge is -2.30. The standard InChI is InChI=1S/C23H29BrN4O4/c1-4-30-18-12-15(11-17(24)21(18)31-5-2)20-19(14(3)27-23-25-13-26-28(20)23)22(29)32-16-9-7-6-8-10-16/h11-13,16,20H,4-10H2,1-3H3,(H,25,26,27). The first-order chi connectivity index (χ1) is 15.5. The highest BCUT2D eigenvalue weighted by Crippen LogP contribution is 2.43.